The number of hydrogen-bond acceptors (Lipinski definition) is 2. The lowest BCUT2D eigenvalue weighted by molar-refractivity contribution is 0.392. The smallest absolute Gasteiger partial charge is 0.00672 e. The Bertz CT molecular complexity index is 155. The van der Waals surface area contributed by atoms with Crippen LogP contribution in [-0.2, 0) is 0 Å². The molecule has 0 radical (unpaired) electrons. The van der Waals surface area contributed by atoms with Gasteiger partial charge >= 0.3 is 0 Å². The van der Waals surface area contributed by atoms with Crippen LogP contribution in [0.5, 0.6) is 0 Å². The topological polar surface area (TPSA) is 38.0 Å². The van der Waals surface area contributed by atoms with Gasteiger partial charge in [0.1, 0.15) is 0 Å². The molecule has 0 aliphatic heterocycles. The molecule has 0 heterocycles. The normalized spacial score (nSPS) is 29.8. The first kappa shape index (κ1) is 13.0. The van der Waals surface area contributed by atoms with E-state index in [-0.39, 0.29) is 0 Å². The van der Waals surface area contributed by atoms with Crippen molar-refractivity contribution in [3.8, 4) is 0 Å². The lowest BCUT2D eigenvalue weighted by Gasteiger charge is -2.20. The maximum Gasteiger partial charge on any atom is 0.00672 e. The molecule has 3 atom stereocenters. The van der Waals surface area contributed by atoms with Gasteiger partial charge in [0.2, 0.25) is 0 Å². The van der Waals surface area contributed by atoms with Gasteiger partial charge in [-0.2, -0.15) is 0 Å². The maximum absolute atomic E-state index is 5.71. The number of rotatable bonds is 5. The van der Waals surface area contributed by atoms with Crippen molar-refractivity contribution < 1.29 is 0 Å². The highest BCUT2D eigenvalue weighted by Gasteiger charge is 2.16. The van der Waals surface area contributed by atoms with Gasteiger partial charge in [0, 0.05) is 6.04 Å². The summed E-state index contributed by atoms with van der Waals surface area (Å²) >= 11 is 0. The molecule has 1 aliphatic carbocycles. The van der Waals surface area contributed by atoms with Gasteiger partial charge in [0.15, 0.2) is 0 Å². The molecule has 0 saturated heterocycles. The zero-order chi connectivity index (χ0) is 11.1. The first-order chi connectivity index (χ1) is 7.26. The Balaban J connectivity index is 2.19. The number of nitrogens with one attached hydrogen (secondary N) is 1. The molecule has 0 aromatic carbocycles. The van der Waals surface area contributed by atoms with Crippen LogP contribution in [0, 0.1) is 11.8 Å². The quantitative estimate of drug-likeness (QED) is 0.687. The Labute approximate surface area is 95.0 Å². The third-order valence-corrected chi connectivity index (χ3v) is 3.86. The van der Waals surface area contributed by atoms with Crippen molar-refractivity contribution in [1.29, 1.82) is 0 Å². The van der Waals surface area contributed by atoms with Gasteiger partial charge in [-0.25, -0.2) is 0 Å². The zero-order valence-electron chi connectivity index (χ0n) is 10.5. The van der Waals surface area contributed by atoms with Gasteiger partial charge in [0.05, 0.1) is 0 Å². The lowest BCUT2D eigenvalue weighted by atomic mass is 10.0. The van der Waals surface area contributed by atoms with Crippen LogP contribution in [0.25, 0.3) is 0 Å². The highest BCUT2D eigenvalue weighted by atomic mass is 14.9. The van der Waals surface area contributed by atoms with Gasteiger partial charge < -0.3 is 11.1 Å². The summed E-state index contributed by atoms with van der Waals surface area (Å²) in [5, 5.41) is 3.70. The van der Waals surface area contributed by atoms with Crippen molar-refractivity contribution in [3.63, 3.8) is 0 Å². The fraction of sp³-hybridized carbons (Fsp3) is 1.00. The molecule has 1 rings (SSSR count). The van der Waals surface area contributed by atoms with E-state index in [9.17, 15) is 0 Å². The predicted octanol–water partition coefficient (Wildman–Crippen LogP) is 2.53. The highest BCUT2D eigenvalue weighted by Crippen LogP contribution is 2.22. The molecule has 0 aromatic rings. The van der Waals surface area contributed by atoms with E-state index in [4.69, 9.17) is 5.73 Å². The summed E-state index contributed by atoms with van der Waals surface area (Å²) in [4.78, 5) is 0. The molecule has 3 N–H and O–H groups in total. The van der Waals surface area contributed by atoms with Crippen LogP contribution in [-0.4, -0.2) is 19.1 Å². The van der Waals surface area contributed by atoms with Crippen LogP contribution in [0.3, 0.4) is 0 Å². The minimum absolute atomic E-state index is 0.672. The Morgan fingerprint density at radius 3 is 2.73 bits per heavy atom. The third-order valence-electron chi connectivity index (χ3n) is 3.86. The molecule has 0 bridgehead atoms. The second-order valence-electron chi connectivity index (χ2n) is 5.23. The summed E-state index contributed by atoms with van der Waals surface area (Å²) in [5.74, 6) is 1.61. The Morgan fingerprint density at radius 2 is 2.07 bits per heavy atom. The first-order valence-electron chi connectivity index (χ1n) is 6.69. The second kappa shape index (κ2) is 7.24. The van der Waals surface area contributed by atoms with Gasteiger partial charge in [-0.3, -0.25) is 0 Å². The van der Waals surface area contributed by atoms with Crippen LogP contribution < -0.4 is 11.1 Å². The molecule has 1 saturated carbocycles. The van der Waals surface area contributed by atoms with Crippen molar-refractivity contribution in [3.05, 3.63) is 0 Å². The van der Waals surface area contributed by atoms with E-state index in [0.717, 1.165) is 25.0 Å². The summed E-state index contributed by atoms with van der Waals surface area (Å²) in [6.45, 7) is 6.56. The molecule has 0 spiro atoms. The molecule has 3 unspecified atom stereocenters. The van der Waals surface area contributed by atoms with E-state index < -0.39 is 0 Å². The molecule has 2 heteroatoms. The van der Waals surface area contributed by atoms with E-state index in [1.807, 2.05) is 0 Å². The highest BCUT2D eigenvalue weighted by molar-refractivity contribution is 4.74. The van der Waals surface area contributed by atoms with Crippen LogP contribution >= 0.6 is 0 Å². The standard InChI is InChI=1S/C13H28N2/c1-3-12(9-14)10-15-13-6-4-5-11(2)7-8-13/h11-13,15H,3-10,14H2,1-2H3. The molecule has 90 valence electrons. The molecule has 15 heavy (non-hydrogen) atoms. The third kappa shape index (κ3) is 4.98. The minimum Gasteiger partial charge on any atom is -0.330 e. The van der Waals surface area contributed by atoms with E-state index in [0.29, 0.717) is 5.92 Å². The fourth-order valence-corrected chi connectivity index (χ4v) is 2.42. The van der Waals surface area contributed by atoms with E-state index in [1.54, 1.807) is 0 Å². The lowest BCUT2D eigenvalue weighted by Crippen LogP contribution is -2.35. The van der Waals surface area contributed by atoms with Gasteiger partial charge in [-0.05, 0) is 44.2 Å². The average molecular weight is 212 g/mol. The Morgan fingerprint density at radius 1 is 1.27 bits per heavy atom. The van der Waals surface area contributed by atoms with Crippen molar-refractivity contribution in [2.45, 2.75) is 58.4 Å². The maximum atomic E-state index is 5.71. The van der Waals surface area contributed by atoms with Crippen molar-refractivity contribution in [1.82, 2.24) is 5.32 Å². The second-order valence-corrected chi connectivity index (χ2v) is 5.23. The van der Waals surface area contributed by atoms with Crippen LogP contribution in [0.1, 0.15) is 52.4 Å². The summed E-state index contributed by atoms with van der Waals surface area (Å²) in [5.41, 5.74) is 5.71. The van der Waals surface area contributed by atoms with Gasteiger partial charge in [-0.15, -0.1) is 0 Å². The largest absolute Gasteiger partial charge is 0.330 e. The number of nitrogens with two attached hydrogens (primary N) is 1. The van der Waals surface area contributed by atoms with E-state index >= 15 is 0 Å². The average Bonchev–Trinajstić information content (AvgIpc) is 2.45. The molecular formula is C13H28N2. The molecule has 1 aliphatic rings. The van der Waals surface area contributed by atoms with Crippen molar-refractivity contribution in [2.24, 2.45) is 17.6 Å². The van der Waals surface area contributed by atoms with E-state index in [2.05, 4.69) is 19.2 Å². The van der Waals surface area contributed by atoms with Crippen LogP contribution in [0.15, 0.2) is 0 Å². The molecular weight excluding hydrogens is 184 g/mol. The zero-order valence-corrected chi connectivity index (χ0v) is 10.5. The summed E-state index contributed by atoms with van der Waals surface area (Å²) in [6.07, 6.45) is 8.15. The SMILES string of the molecule is CCC(CN)CNC1CCCC(C)CC1. The monoisotopic (exact) mass is 212 g/mol. The van der Waals surface area contributed by atoms with Gasteiger partial charge in [-0.1, -0.05) is 33.1 Å². The van der Waals surface area contributed by atoms with Crippen molar-refractivity contribution >= 4 is 0 Å². The summed E-state index contributed by atoms with van der Waals surface area (Å²) in [7, 11) is 0. The van der Waals surface area contributed by atoms with Crippen molar-refractivity contribution in [2.75, 3.05) is 13.1 Å². The molecule has 0 amide bonds. The predicted molar refractivity (Wildman–Crippen MR) is 66.9 cm³/mol. The number of hydrogen-bond donors (Lipinski definition) is 2. The van der Waals surface area contributed by atoms with Crippen LogP contribution in [0.2, 0.25) is 0 Å². The van der Waals surface area contributed by atoms with E-state index in [1.165, 1.54) is 38.5 Å². The Hall–Kier alpha value is -0.0800. The molecule has 2 nitrogen and oxygen atoms in total. The molecule has 1 fully saturated rings. The molecule has 0 aromatic heterocycles. The first-order valence-corrected chi connectivity index (χ1v) is 6.69. The summed E-state index contributed by atoms with van der Waals surface area (Å²) < 4.78 is 0. The summed E-state index contributed by atoms with van der Waals surface area (Å²) in [6, 6.07) is 0.760. The van der Waals surface area contributed by atoms with Gasteiger partial charge in [0.25, 0.3) is 0 Å². The minimum atomic E-state index is 0.672. The Kier molecular flexibility index (Phi) is 6.26. The fourth-order valence-electron chi connectivity index (χ4n) is 2.42. The van der Waals surface area contributed by atoms with Crippen LogP contribution in [0.4, 0.5) is 0 Å².